The molecular weight excluding hydrogens is 338 g/mol. The minimum absolute atomic E-state index is 0.425. The van der Waals surface area contributed by atoms with E-state index in [1.54, 1.807) is 0 Å². The number of hydrogen-bond acceptors (Lipinski definition) is 4. The van der Waals surface area contributed by atoms with E-state index in [1.807, 2.05) is 39.5 Å². The van der Waals surface area contributed by atoms with Crippen LogP contribution in [0.5, 0.6) is 0 Å². The normalized spacial score (nSPS) is 11.7. The highest BCUT2D eigenvalue weighted by atomic mass is 16.7. The molecule has 3 rings (SSSR count). The number of carbonyl (C=O) groups is 1. The Morgan fingerprint density at radius 1 is 1.19 bits per heavy atom. The molecule has 0 bridgehead atoms. The molecule has 5 heteroatoms. The number of aryl methyl sites for hydroxylation is 2. The summed E-state index contributed by atoms with van der Waals surface area (Å²) in [4.78, 5) is 18.5. The lowest BCUT2D eigenvalue weighted by Gasteiger charge is -2.13. The molecule has 0 amide bonds. The summed E-state index contributed by atoms with van der Waals surface area (Å²) in [6, 6.07) is 14.5. The Bertz CT molecular complexity index is 1020. The number of rotatable bonds is 5. The number of hydrogen-bond donors (Lipinski definition) is 0. The second kappa shape index (κ2) is 7.66. The molecule has 0 aliphatic rings. The van der Waals surface area contributed by atoms with Crippen LogP contribution in [0.2, 0.25) is 0 Å². The fourth-order valence-corrected chi connectivity index (χ4v) is 3.17. The number of anilines is 1. The van der Waals surface area contributed by atoms with Crippen molar-refractivity contribution in [3.8, 4) is 0 Å². The van der Waals surface area contributed by atoms with Crippen LogP contribution in [0.25, 0.3) is 10.9 Å². The fraction of sp³-hybridized carbons (Fsp3) is 0.273. The summed E-state index contributed by atoms with van der Waals surface area (Å²) >= 11 is 0. The summed E-state index contributed by atoms with van der Waals surface area (Å²) in [6.07, 6.45) is 2.63. The predicted octanol–water partition coefficient (Wildman–Crippen LogP) is 4.06. The van der Waals surface area contributed by atoms with Crippen molar-refractivity contribution in [2.45, 2.75) is 20.3 Å². The van der Waals surface area contributed by atoms with E-state index in [-0.39, 0.29) is 0 Å². The molecule has 1 aromatic heterocycles. The van der Waals surface area contributed by atoms with E-state index in [0.29, 0.717) is 6.42 Å². The summed E-state index contributed by atoms with van der Waals surface area (Å²) in [5.74, 6) is -0.425. The predicted molar refractivity (Wildman–Crippen MR) is 110 cm³/mol. The molecule has 0 N–H and O–H groups in total. The number of benzene rings is 2. The summed E-state index contributed by atoms with van der Waals surface area (Å²) in [5.41, 5.74) is 6.27. The van der Waals surface area contributed by atoms with Crippen LogP contribution in [-0.4, -0.2) is 30.3 Å². The number of oxime groups is 1. The largest absolute Gasteiger partial charge is 0.378 e. The van der Waals surface area contributed by atoms with Gasteiger partial charge in [-0.05, 0) is 36.2 Å². The molecule has 0 saturated carbocycles. The Balaban J connectivity index is 2.14. The van der Waals surface area contributed by atoms with Crippen molar-refractivity contribution in [2.24, 2.45) is 12.2 Å². The van der Waals surface area contributed by atoms with Crippen LogP contribution in [0.1, 0.15) is 23.6 Å². The molecule has 140 valence electrons. The first kappa shape index (κ1) is 18.7. The molecule has 0 aliphatic heterocycles. The van der Waals surface area contributed by atoms with Gasteiger partial charge in [0.1, 0.15) is 0 Å². The Morgan fingerprint density at radius 3 is 2.59 bits per heavy atom. The Hall–Kier alpha value is -3.08. The van der Waals surface area contributed by atoms with E-state index in [4.69, 9.17) is 4.84 Å². The topological polar surface area (TPSA) is 46.8 Å². The third-order valence-electron chi connectivity index (χ3n) is 4.70. The number of carbonyl (C=O) groups excluding carboxylic acids is 1. The molecule has 27 heavy (non-hydrogen) atoms. The van der Waals surface area contributed by atoms with Crippen LogP contribution in [0.4, 0.5) is 5.69 Å². The average molecular weight is 363 g/mol. The van der Waals surface area contributed by atoms with Gasteiger partial charge < -0.3 is 14.3 Å². The first-order valence-corrected chi connectivity index (χ1v) is 8.92. The van der Waals surface area contributed by atoms with Crippen molar-refractivity contribution >= 4 is 28.3 Å². The molecule has 5 nitrogen and oxygen atoms in total. The zero-order valence-corrected chi connectivity index (χ0v) is 16.5. The van der Waals surface area contributed by atoms with Gasteiger partial charge in [-0.1, -0.05) is 29.4 Å². The van der Waals surface area contributed by atoms with Crippen molar-refractivity contribution in [1.29, 1.82) is 0 Å². The summed E-state index contributed by atoms with van der Waals surface area (Å²) in [6.45, 7) is 3.44. The zero-order valence-electron chi connectivity index (χ0n) is 16.5. The summed E-state index contributed by atoms with van der Waals surface area (Å²) < 4.78 is 2.07. The quantitative estimate of drug-likeness (QED) is 0.390. The van der Waals surface area contributed by atoms with Gasteiger partial charge in [0.2, 0.25) is 0 Å². The smallest absolute Gasteiger partial charge is 0.331 e. The van der Waals surface area contributed by atoms with Gasteiger partial charge in [-0.3, -0.25) is 0 Å². The first-order valence-electron chi connectivity index (χ1n) is 8.92. The highest BCUT2D eigenvalue weighted by Crippen LogP contribution is 2.27. The SMILES string of the molecule is CC(=O)O/N=C(\Cc1ccccc1C)c1cn(C)c2ccc(N(C)C)cc12. The number of aromatic nitrogens is 1. The molecule has 0 fully saturated rings. The molecule has 1 heterocycles. The van der Waals surface area contributed by atoms with Crippen LogP contribution in [0, 0.1) is 6.92 Å². The van der Waals surface area contributed by atoms with E-state index in [9.17, 15) is 4.79 Å². The molecule has 2 aromatic carbocycles. The second-order valence-electron chi connectivity index (χ2n) is 6.97. The van der Waals surface area contributed by atoms with Crippen molar-refractivity contribution in [3.63, 3.8) is 0 Å². The molecular formula is C22H25N3O2. The Morgan fingerprint density at radius 2 is 1.93 bits per heavy atom. The van der Waals surface area contributed by atoms with E-state index >= 15 is 0 Å². The molecule has 0 spiro atoms. The maximum absolute atomic E-state index is 11.4. The molecule has 3 aromatic rings. The van der Waals surface area contributed by atoms with Gasteiger partial charge >= 0.3 is 5.97 Å². The van der Waals surface area contributed by atoms with Gasteiger partial charge in [-0.15, -0.1) is 0 Å². The van der Waals surface area contributed by atoms with Crippen LogP contribution in [-0.2, 0) is 23.1 Å². The van der Waals surface area contributed by atoms with E-state index < -0.39 is 5.97 Å². The summed E-state index contributed by atoms with van der Waals surface area (Å²) in [7, 11) is 6.05. The number of nitrogens with zero attached hydrogens (tertiary/aromatic N) is 3. The van der Waals surface area contributed by atoms with Gasteiger partial charge in [0.25, 0.3) is 0 Å². The third kappa shape index (κ3) is 4.03. The van der Waals surface area contributed by atoms with Gasteiger partial charge in [0, 0.05) is 62.8 Å². The van der Waals surface area contributed by atoms with Crippen molar-refractivity contribution in [1.82, 2.24) is 4.57 Å². The maximum Gasteiger partial charge on any atom is 0.331 e. The zero-order chi connectivity index (χ0) is 19.6. The highest BCUT2D eigenvalue weighted by Gasteiger charge is 2.16. The van der Waals surface area contributed by atoms with E-state index in [2.05, 4.69) is 51.9 Å². The van der Waals surface area contributed by atoms with Crippen LogP contribution < -0.4 is 4.90 Å². The summed E-state index contributed by atoms with van der Waals surface area (Å²) in [5, 5.41) is 5.29. The molecule has 0 atom stereocenters. The van der Waals surface area contributed by atoms with Crippen LogP contribution in [0.3, 0.4) is 0 Å². The standard InChI is InChI=1S/C22H25N3O2/c1-15-8-6-7-9-17(15)12-21(23-27-16(2)26)20-14-25(5)22-11-10-18(24(3)4)13-19(20)22/h6-11,13-14H,12H2,1-5H3/b23-21+. The van der Waals surface area contributed by atoms with Gasteiger partial charge in [0.05, 0.1) is 5.71 Å². The fourth-order valence-electron chi connectivity index (χ4n) is 3.17. The molecule has 0 aliphatic carbocycles. The third-order valence-corrected chi connectivity index (χ3v) is 4.70. The molecule has 0 radical (unpaired) electrons. The molecule has 0 unspecified atom stereocenters. The minimum Gasteiger partial charge on any atom is -0.378 e. The van der Waals surface area contributed by atoms with Crippen molar-refractivity contribution in [3.05, 3.63) is 65.4 Å². The van der Waals surface area contributed by atoms with Crippen molar-refractivity contribution in [2.75, 3.05) is 19.0 Å². The maximum atomic E-state index is 11.4. The Kier molecular flexibility index (Phi) is 5.31. The van der Waals surface area contributed by atoms with E-state index in [1.165, 1.54) is 12.5 Å². The highest BCUT2D eigenvalue weighted by molar-refractivity contribution is 6.12. The van der Waals surface area contributed by atoms with Gasteiger partial charge in [0.15, 0.2) is 0 Å². The minimum atomic E-state index is -0.425. The number of fused-ring (bicyclic) bond motifs is 1. The van der Waals surface area contributed by atoms with Crippen LogP contribution in [0.15, 0.2) is 53.8 Å². The monoisotopic (exact) mass is 363 g/mol. The first-order chi connectivity index (χ1) is 12.9. The van der Waals surface area contributed by atoms with E-state index in [0.717, 1.165) is 33.4 Å². The van der Waals surface area contributed by atoms with Gasteiger partial charge in [-0.2, -0.15) is 0 Å². The van der Waals surface area contributed by atoms with Crippen LogP contribution >= 0.6 is 0 Å². The molecule has 0 saturated heterocycles. The lowest BCUT2D eigenvalue weighted by molar-refractivity contribution is -0.140. The lowest BCUT2D eigenvalue weighted by atomic mass is 9.98. The lowest BCUT2D eigenvalue weighted by Crippen LogP contribution is -2.10. The van der Waals surface area contributed by atoms with Gasteiger partial charge in [-0.25, -0.2) is 4.79 Å². The van der Waals surface area contributed by atoms with Crippen molar-refractivity contribution < 1.29 is 9.63 Å². The Labute approximate surface area is 159 Å². The average Bonchev–Trinajstić information content (AvgIpc) is 2.96. The second-order valence-corrected chi connectivity index (χ2v) is 6.97.